The lowest BCUT2D eigenvalue weighted by Gasteiger charge is -2.36. The molecule has 0 aromatic heterocycles. The van der Waals surface area contributed by atoms with Crippen molar-refractivity contribution in [3.05, 3.63) is 142 Å². The van der Waals surface area contributed by atoms with Gasteiger partial charge in [0.05, 0.1) is 54.3 Å². The van der Waals surface area contributed by atoms with Crippen LogP contribution in [0.2, 0.25) is 0 Å². The first-order valence-electron chi connectivity index (χ1n) is 15.3. The topological polar surface area (TPSA) is 181 Å². The fourth-order valence-electron chi connectivity index (χ4n) is 6.47. The molecule has 0 spiro atoms. The van der Waals surface area contributed by atoms with Crippen LogP contribution >= 0.6 is 0 Å². The Kier molecular flexibility index (Phi) is 9.05. The van der Waals surface area contributed by atoms with Gasteiger partial charge >= 0.3 is 24.0 Å². The van der Waals surface area contributed by atoms with Crippen molar-refractivity contribution in [2.75, 3.05) is 31.0 Å². The number of methoxy groups -OCH3 is 2. The van der Waals surface area contributed by atoms with Crippen molar-refractivity contribution >= 4 is 35.4 Å². The third kappa shape index (κ3) is 5.77. The highest BCUT2D eigenvalue weighted by molar-refractivity contribution is 6.08. The molecule has 1 heterocycles. The normalized spacial score (nSPS) is 15.1. The molecule has 0 fully saturated rings. The van der Waals surface area contributed by atoms with Crippen molar-refractivity contribution in [2.24, 2.45) is 5.73 Å². The second kappa shape index (κ2) is 13.7. The summed E-state index contributed by atoms with van der Waals surface area (Å²) in [4.78, 5) is 53.6. The van der Waals surface area contributed by atoms with Crippen LogP contribution < -0.4 is 16.0 Å². The van der Waals surface area contributed by atoms with Crippen LogP contribution in [-0.4, -0.2) is 49.9 Å². The zero-order valence-corrected chi connectivity index (χ0v) is 26.9. The molecule has 1 amide bonds. The number of carboxylic acids is 1. The number of ether oxygens (including phenoxy) is 3. The lowest BCUT2D eigenvalue weighted by Crippen LogP contribution is -2.41. The molecular formula is C38H30N4O8. The van der Waals surface area contributed by atoms with E-state index in [1.807, 2.05) is 48.5 Å². The molecule has 50 heavy (non-hydrogen) atoms. The molecule has 0 saturated heterocycles. The number of aromatic carboxylic acids is 1. The SMILES string of the molecule is COC(=O)C1=C(C(=O)OC)N(c2ccc(C(=O)O)cc2NC(=O)OCC2c3ccccc3-c3ccccc32)C(N)=C(C#N)C1c1ccccc1. The number of nitrogens with one attached hydrogen (secondary N) is 1. The standard InChI is InChI=1S/C38H30N4O8/c1-48-36(45)32-31(21-10-4-3-5-11-21)27(19-39)34(40)42(33(32)37(46)49-2)30-17-16-22(35(43)44)18-29(30)41-38(47)50-20-28-25-14-8-6-12-23(25)24-13-7-9-15-26(24)28/h3-18,28,31H,20,40H2,1-2H3,(H,41,47)(H,43,44). The van der Waals surface area contributed by atoms with E-state index in [0.717, 1.165) is 47.4 Å². The molecule has 12 nitrogen and oxygen atoms in total. The molecule has 1 aliphatic carbocycles. The number of amides is 1. The molecule has 1 unspecified atom stereocenters. The number of nitrogens with zero attached hydrogens (tertiary/aromatic N) is 2. The van der Waals surface area contributed by atoms with Gasteiger partial charge in [-0.2, -0.15) is 5.26 Å². The predicted octanol–water partition coefficient (Wildman–Crippen LogP) is 5.64. The Morgan fingerprint density at radius 3 is 2.04 bits per heavy atom. The maximum absolute atomic E-state index is 13.6. The van der Waals surface area contributed by atoms with Crippen molar-refractivity contribution in [3.63, 3.8) is 0 Å². The summed E-state index contributed by atoms with van der Waals surface area (Å²) in [6, 6.07) is 29.8. The summed E-state index contributed by atoms with van der Waals surface area (Å²) < 4.78 is 15.9. The van der Waals surface area contributed by atoms with Gasteiger partial charge in [-0.25, -0.2) is 19.2 Å². The van der Waals surface area contributed by atoms with Crippen molar-refractivity contribution in [2.45, 2.75) is 11.8 Å². The minimum Gasteiger partial charge on any atom is -0.478 e. The third-order valence-corrected chi connectivity index (χ3v) is 8.68. The van der Waals surface area contributed by atoms with Gasteiger partial charge in [0.15, 0.2) is 0 Å². The number of fused-ring (bicyclic) bond motifs is 3. The minimum atomic E-state index is -1.31. The van der Waals surface area contributed by atoms with E-state index < -0.39 is 35.6 Å². The molecule has 0 saturated carbocycles. The Balaban J connectivity index is 1.43. The molecule has 1 aliphatic heterocycles. The number of nitrogens with two attached hydrogens (primary N) is 1. The van der Waals surface area contributed by atoms with Crippen LogP contribution in [0.15, 0.2) is 120 Å². The molecule has 4 N–H and O–H groups in total. The van der Waals surface area contributed by atoms with Crippen LogP contribution in [0.3, 0.4) is 0 Å². The van der Waals surface area contributed by atoms with Gasteiger partial charge in [-0.3, -0.25) is 10.2 Å². The number of anilines is 2. The second-order valence-electron chi connectivity index (χ2n) is 11.3. The Bertz CT molecular complexity index is 2110. The number of nitriles is 1. The monoisotopic (exact) mass is 670 g/mol. The average Bonchev–Trinajstić information content (AvgIpc) is 3.46. The molecular weight excluding hydrogens is 640 g/mol. The van der Waals surface area contributed by atoms with Gasteiger partial charge < -0.3 is 25.1 Å². The van der Waals surface area contributed by atoms with Crippen molar-refractivity contribution < 1.29 is 38.5 Å². The molecule has 0 bridgehead atoms. The summed E-state index contributed by atoms with van der Waals surface area (Å²) in [7, 11) is 2.22. The van der Waals surface area contributed by atoms with E-state index in [-0.39, 0.29) is 46.4 Å². The summed E-state index contributed by atoms with van der Waals surface area (Å²) >= 11 is 0. The van der Waals surface area contributed by atoms with E-state index in [9.17, 15) is 29.5 Å². The summed E-state index contributed by atoms with van der Waals surface area (Å²) in [5, 5.41) is 22.8. The van der Waals surface area contributed by atoms with Crippen molar-refractivity contribution in [1.29, 1.82) is 5.26 Å². The molecule has 1 atom stereocenters. The van der Waals surface area contributed by atoms with E-state index in [1.54, 1.807) is 30.3 Å². The van der Waals surface area contributed by atoms with Gasteiger partial charge in [-0.1, -0.05) is 78.9 Å². The highest BCUT2D eigenvalue weighted by Gasteiger charge is 2.43. The third-order valence-electron chi connectivity index (χ3n) is 8.68. The Hall–Kier alpha value is -6.87. The second-order valence-corrected chi connectivity index (χ2v) is 11.3. The van der Waals surface area contributed by atoms with E-state index in [4.69, 9.17) is 19.9 Å². The van der Waals surface area contributed by atoms with Crippen LogP contribution in [0.4, 0.5) is 16.2 Å². The van der Waals surface area contributed by atoms with Gasteiger partial charge in [-0.05, 0) is 46.0 Å². The van der Waals surface area contributed by atoms with Gasteiger partial charge in [0, 0.05) is 5.92 Å². The first-order valence-corrected chi connectivity index (χ1v) is 15.3. The van der Waals surface area contributed by atoms with E-state index >= 15 is 0 Å². The Morgan fingerprint density at radius 1 is 0.860 bits per heavy atom. The number of carboxylic acid groups (broad SMARTS) is 1. The number of hydrogen-bond donors (Lipinski definition) is 3. The van der Waals surface area contributed by atoms with Crippen LogP contribution in [0.5, 0.6) is 0 Å². The van der Waals surface area contributed by atoms with E-state index in [0.29, 0.717) is 5.56 Å². The number of allylic oxidation sites excluding steroid dienone is 1. The maximum atomic E-state index is 13.6. The smallest absolute Gasteiger partial charge is 0.411 e. The van der Waals surface area contributed by atoms with Gasteiger partial charge in [0.2, 0.25) is 0 Å². The number of carbonyl (C=O) groups is 4. The zero-order chi connectivity index (χ0) is 35.5. The molecule has 250 valence electrons. The van der Waals surface area contributed by atoms with Crippen LogP contribution in [0, 0.1) is 11.3 Å². The van der Waals surface area contributed by atoms with E-state index in [2.05, 4.69) is 11.4 Å². The summed E-state index contributed by atoms with van der Waals surface area (Å²) in [6.07, 6.45) is -0.935. The van der Waals surface area contributed by atoms with Gasteiger partial charge in [-0.15, -0.1) is 0 Å². The van der Waals surface area contributed by atoms with Gasteiger partial charge in [0.25, 0.3) is 0 Å². The number of hydrogen-bond acceptors (Lipinski definition) is 10. The summed E-state index contributed by atoms with van der Waals surface area (Å²) in [5.41, 5.74) is 9.95. The van der Waals surface area contributed by atoms with Crippen molar-refractivity contribution in [1.82, 2.24) is 0 Å². The molecule has 12 heteroatoms. The predicted molar refractivity (Wildman–Crippen MR) is 182 cm³/mol. The zero-order valence-electron chi connectivity index (χ0n) is 26.9. The fourth-order valence-corrected chi connectivity index (χ4v) is 6.47. The summed E-state index contributed by atoms with van der Waals surface area (Å²) in [5.74, 6) is -4.93. The van der Waals surface area contributed by atoms with E-state index in [1.165, 1.54) is 12.1 Å². The Labute approximate surface area is 286 Å². The number of esters is 2. The quantitative estimate of drug-likeness (QED) is 0.156. The lowest BCUT2D eigenvalue weighted by molar-refractivity contribution is -0.139. The summed E-state index contributed by atoms with van der Waals surface area (Å²) in [6.45, 7) is -0.0449. The first kappa shape index (κ1) is 33.0. The lowest BCUT2D eigenvalue weighted by atomic mass is 9.81. The van der Waals surface area contributed by atoms with Crippen LogP contribution in [0.25, 0.3) is 11.1 Å². The molecule has 0 radical (unpaired) electrons. The fraction of sp³-hybridized carbons (Fsp3) is 0.132. The van der Waals surface area contributed by atoms with Crippen molar-refractivity contribution in [3.8, 4) is 17.2 Å². The van der Waals surface area contributed by atoms with Crippen LogP contribution in [-0.2, 0) is 23.8 Å². The highest BCUT2D eigenvalue weighted by atomic mass is 16.5. The average molecular weight is 671 g/mol. The van der Waals surface area contributed by atoms with Crippen LogP contribution in [0.1, 0.15) is 38.9 Å². The molecule has 2 aliphatic rings. The molecule has 4 aromatic rings. The number of benzene rings is 4. The largest absolute Gasteiger partial charge is 0.478 e. The maximum Gasteiger partial charge on any atom is 0.411 e. The molecule has 6 rings (SSSR count). The first-order chi connectivity index (χ1) is 24.2. The van der Waals surface area contributed by atoms with Gasteiger partial charge in [0.1, 0.15) is 18.1 Å². The number of rotatable bonds is 8. The molecule has 4 aromatic carbocycles. The number of carbonyl (C=O) groups excluding carboxylic acids is 3. The highest BCUT2D eigenvalue weighted by Crippen LogP contribution is 2.46. The minimum absolute atomic E-state index is 0.0449. The Morgan fingerprint density at radius 2 is 1.46 bits per heavy atom.